The molecule has 160 valence electrons. The smallest absolute Gasteiger partial charge is 0.233 e. The normalized spacial score (nSPS) is 20.5. The molecule has 1 aromatic rings. The number of hydrogen-bond donors (Lipinski definition) is 1. The number of benzene rings is 1. The zero-order valence-corrected chi connectivity index (χ0v) is 18.4. The maximum Gasteiger partial charge on any atom is 0.233 e. The van der Waals surface area contributed by atoms with E-state index in [1.807, 2.05) is 36.9 Å². The number of carbonyl (C=O) groups is 2. The van der Waals surface area contributed by atoms with Gasteiger partial charge in [-0.2, -0.15) is 0 Å². The highest BCUT2D eigenvalue weighted by molar-refractivity contribution is 6.03. The molecule has 2 saturated heterocycles. The van der Waals surface area contributed by atoms with Gasteiger partial charge in [0.1, 0.15) is 6.42 Å². The molecule has 2 amide bonds. The predicted molar refractivity (Wildman–Crippen MR) is 117 cm³/mol. The highest BCUT2D eigenvalue weighted by atomic mass is 16.2. The Hall–Kier alpha value is -1.92. The van der Waals surface area contributed by atoms with E-state index in [2.05, 4.69) is 29.1 Å². The largest absolute Gasteiger partial charge is 0.342 e. The van der Waals surface area contributed by atoms with Gasteiger partial charge in [-0.1, -0.05) is 12.1 Å². The molecule has 2 aliphatic heterocycles. The van der Waals surface area contributed by atoms with E-state index in [0.717, 1.165) is 68.9 Å². The van der Waals surface area contributed by atoms with Crippen LogP contribution in [0.25, 0.3) is 0 Å². The van der Waals surface area contributed by atoms with Crippen molar-refractivity contribution in [3.05, 3.63) is 29.3 Å². The molecule has 2 aliphatic rings. The van der Waals surface area contributed by atoms with Crippen LogP contribution < -0.4 is 5.32 Å². The molecule has 6 nitrogen and oxygen atoms in total. The first-order valence-corrected chi connectivity index (χ1v) is 10.9. The van der Waals surface area contributed by atoms with Crippen LogP contribution in [-0.2, 0) is 9.59 Å². The molecule has 1 atom stereocenters. The third kappa shape index (κ3) is 5.80. The number of rotatable bonds is 5. The molecule has 0 spiro atoms. The van der Waals surface area contributed by atoms with Gasteiger partial charge in [-0.25, -0.2) is 0 Å². The van der Waals surface area contributed by atoms with E-state index in [1.54, 1.807) is 0 Å². The summed E-state index contributed by atoms with van der Waals surface area (Å²) < 4.78 is 0. The summed E-state index contributed by atoms with van der Waals surface area (Å²) in [5.41, 5.74) is 2.89. The number of likely N-dealkylation sites (N-methyl/N-ethyl adjacent to an activating group) is 1. The molecule has 1 N–H and O–H groups in total. The standard InChI is InChI=1S/C23H36N4O2/c1-17-5-6-18(2)21(15-17)24-22(28)16-23(29)27-9-7-20(8-10-27)19(3)26-13-11-25(4)12-14-26/h5-6,15,19-20H,7-14,16H2,1-4H3,(H,24,28)/t19-/m0/s1. The number of piperidine rings is 1. The van der Waals surface area contributed by atoms with E-state index < -0.39 is 0 Å². The van der Waals surface area contributed by atoms with Crippen LogP contribution in [-0.4, -0.2) is 78.9 Å². The Kier molecular flexibility index (Phi) is 7.30. The number of nitrogens with zero attached hydrogens (tertiary/aromatic N) is 3. The number of carbonyl (C=O) groups excluding carboxylic acids is 2. The molecule has 2 heterocycles. The summed E-state index contributed by atoms with van der Waals surface area (Å²) in [7, 11) is 2.18. The zero-order chi connectivity index (χ0) is 21.0. The monoisotopic (exact) mass is 400 g/mol. The minimum atomic E-state index is -0.225. The van der Waals surface area contributed by atoms with Gasteiger partial charge in [0.25, 0.3) is 0 Å². The molecule has 2 fully saturated rings. The summed E-state index contributed by atoms with van der Waals surface area (Å²) in [4.78, 5) is 31.8. The Morgan fingerprint density at radius 2 is 1.72 bits per heavy atom. The van der Waals surface area contributed by atoms with Crippen LogP contribution in [0.4, 0.5) is 5.69 Å². The molecule has 0 saturated carbocycles. The number of hydrogen-bond acceptors (Lipinski definition) is 4. The van der Waals surface area contributed by atoms with Crippen molar-refractivity contribution < 1.29 is 9.59 Å². The minimum absolute atomic E-state index is 0.0569. The van der Waals surface area contributed by atoms with Crippen LogP contribution in [0.2, 0.25) is 0 Å². The quantitative estimate of drug-likeness (QED) is 0.772. The third-order valence-corrected chi connectivity index (χ3v) is 6.67. The maximum absolute atomic E-state index is 12.6. The van der Waals surface area contributed by atoms with Gasteiger partial charge < -0.3 is 15.1 Å². The molecule has 0 unspecified atom stereocenters. The Morgan fingerprint density at radius 3 is 2.38 bits per heavy atom. The second kappa shape index (κ2) is 9.72. The third-order valence-electron chi connectivity index (χ3n) is 6.67. The highest BCUT2D eigenvalue weighted by Gasteiger charge is 2.30. The lowest BCUT2D eigenvalue weighted by Crippen LogP contribution is -2.52. The minimum Gasteiger partial charge on any atom is -0.342 e. The summed E-state index contributed by atoms with van der Waals surface area (Å²) in [5.74, 6) is 0.348. The Balaban J connectivity index is 1.44. The van der Waals surface area contributed by atoms with E-state index in [4.69, 9.17) is 0 Å². The summed E-state index contributed by atoms with van der Waals surface area (Å²) in [6, 6.07) is 6.51. The van der Waals surface area contributed by atoms with Crippen molar-refractivity contribution in [3.63, 3.8) is 0 Å². The van der Waals surface area contributed by atoms with Crippen LogP contribution in [0.3, 0.4) is 0 Å². The number of anilines is 1. The first-order valence-electron chi connectivity index (χ1n) is 10.9. The average molecular weight is 401 g/mol. The van der Waals surface area contributed by atoms with Gasteiger partial charge in [-0.15, -0.1) is 0 Å². The fourth-order valence-electron chi connectivity index (χ4n) is 4.47. The molecule has 0 bridgehead atoms. The van der Waals surface area contributed by atoms with Crippen LogP contribution >= 0.6 is 0 Å². The number of likely N-dealkylation sites (tertiary alicyclic amines) is 1. The second-order valence-electron chi connectivity index (χ2n) is 8.84. The fourth-order valence-corrected chi connectivity index (χ4v) is 4.47. The molecule has 0 radical (unpaired) electrons. The number of amides is 2. The van der Waals surface area contributed by atoms with Crippen molar-refractivity contribution in [2.75, 3.05) is 51.6 Å². The molecule has 0 aromatic heterocycles. The topological polar surface area (TPSA) is 55.9 Å². The Labute approximate surface area is 175 Å². The summed E-state index contributed by atoms with van der Waals surface area (Å²) in [5, 5.41) is 2.90. The molecule has 3 rings (SSSR count). The van der Waals surface area contributed by atoms with E-state index in [-0.39, 0.29) is 18.2 Å². The number of aryl methyl sites for hydroxylation is 2. The molecular formula is C23H36N4O2. The van der Waals surface area contributed by atoms with E-state index in [1.165, 1.54) is 0 Å². The van der Waals surface area contributed by atoms with Gasteiger partial charge in [-0.05, 0) is 63.8 Å². The van der Waals surface area contributed by atoms with Crippen LogP contribution in [0, 0.1) is 19.8 Å². The van der Waals surface area contributed by atoms with Crippen LogP contribution in [0.15, 0.2) is 18.2 Å². The number of piperazine rings is 1. The molecule has 29 heavy (non-hydrogen) atoms. The first-order chi connectivity index (χ1) is 13.8. The molecule has 0 aliphatic carbocycles. The summed E-state index contributed by atoms with van der Waals surface area (Å²) >= 11 is 0. The van der Waals surface area contributed by atoms with Crippen molar-refractivity contribution in [2.45, 2.75) is 46.1 Å². The fraction of sp³-hybridized carbons (Fsp3) is 0.652. The lowest BCUT2D eigenvalue weighted by Gasteiger charge is -2.42. The Bertz CT molecular complexity index is 720. The lowest BCUT2D eigenvalue weighted by atomic mass is 9.89. The summed E-state index contributed by atoms with van der Waals surface area (Å²) in [6.07, 6.45) is 1.97. The molecule has 6 heteroatoms. The maximum atomic E-state index is 12.6. The van der Waals surface area contributed by atoms with Gasteiger partial charge in [0.05, 0.1) is 0 Å². The highest BCUT2D eigenvalue weighted by Crippen LogP contribution is 2.25. The number of nitrogens with one attached hydrogen (secondary N) is 1. The lowest BCUT2D eigenvalue weighted by molar-refractivity contribution is -0.136. The summed E-state index contributed by atoms with van der Waals surface area (Å²) in [6.45, 7) is 12.4. The SMILES string of the molecule is Cc1ccc(C)c(NC(=O)CC(=O)N2CCC([C@H](C)N3CCN(C)CC3)CC2)c1. The second-order valence-corrected chi connectivity index (χ2v) is 8.84. The van der Waals surface area contributed by atoms with Crippen molar-refractivity contribution in [3.8, 4) is 0 Å². The van der Waals surface area contributed by atoms with Crippen LogP contribution in [0.1, 0.15) is 37.3 Å². The van der Waals surface area contributed by atoms with Gasteiger partial charge in [0.2, 0.25) is 11.8 Å². The average Bonchev–Trinajstić information content (AvgIpc) is 2.71. The van der Waals surface area contributed by atoms with Gasteiger partial charge in [-0.3, -0.25) is 14.5 Å². The van der Waals surface area contributed by atoms with Crippen LogP contribution in [0.5, 0.6) is 0 Å². The predicted octanol–water partition coefficient (Wildman–Crippen LogP) is 2.51. The molecular weight excluding hydrogens is 364 g/mol. The van der Waals surface area contributed by atoms with Crippen molar-refractivity contribution in [1.82, 2.24) is 14.7 Å². The molecule has 1 aromatic carbocycles. The van der Waals surface area contributed by atoms with E-state index in [0.29, 0.717) is 12.0 Å². The van der Waals surface area contributed by atoms with Crippen molar-refractivity contribution in [2.24, 2.45) is 5.92 Å². The van der Waals surface area contributed by atoms with Crippen molar-refractivity contribution in [1.29, 1.82) is 0 Å². The first kappa shape index (κ1) is 21.8. The van der Waals surface area contributed by atoms with Crippen molar-refractivity contribution >= 4 is 17.5 Å². The van der Waals surface area contributed by atoms with Gasteiger partial charge in [0, 0.05) is 51.0 Å². The van der Waals surface area contributed by atoms with Gasteiger partial charge >= 0.3 is 0 Å². The van der Waals surface area contributed by atoms with Gasteiger partial charge in [0.15, 0.2) is 0 Å². The Morgan fingerprint density at radius 1 is 1.07 bits per heavy atom. The van der Waals surface area contributed by atoms with E-state index >= 15 is 0 Å². The van der Waals surface area contributed by atoms with E-state index in [9.17, 15) is 9.59 Å². The zero-order valence-electron chi connectivity index (χ0n) is 18.4.